The Morgan fingerprint density at radius 1 is 0.923 bits per heavy atom. The summed E-state index contributed by atoms with van der Waals surface area (Å²) in [5.41, 5.74) is 4.09. The van der Waals surface area contributed by atoms with Crippen molar-refractivity contribution in [3.05, 3.63) is 74.3 Å². The van der Waals surface area contributed by atoms with Gasteiger partial charge >= 0.3 is 0 Å². The molecule has 10 nitrogen and oxygen atoms in total. The molecule has 26 heavy (non-hydrogen) atoms. The number of nitrogens with zero attached hydrogens (tertiary/aromatic N) is 2. The van der Waals surface area contributed by atoms with Gasteiger partial charge in [-0.2, -0.15) is 0 Å². The predicted octanol–water partition coefficient (Wildman–Crippen LogP) is 2.06. The highest BCUT2D eigenvalue weighted by Crippen LogP contribution is 2.21. The number of hydrogen-bond acceptors (Lipinski definition) is 7. The minimum absolute atomic E-state index is 0.0301. The van der Waals surface area contributed by atoms with Crippen LogP contribution in [-0.4, -0.2) is 27.4 Å². The summed E-state index contributed by atoms with van der Waals surface area (Å²) in [4.78, 5) is 44.4. The van der Waals surface area contributed by atoms with E-state index in [2.05, 4.69) is 10.9 Å². The van der Waals surface area contributed by atoms with Crippen LogP contribution in [0.4, 0.5) is 11.4 Å². The fourth-order valence-corrected chi connectivity index (χ4v) is 2.51. The minimum Gasteiger partial charge on any atom is -0.272 e. The van der Waals surface area contributed by atoms with E-state index < -0.39 is 21.7 Å². The lowest BCUT2D eigenvalue weighted by molar-refractivity contribution is -0.385. The number of carbonyl (C=O) groups excluding carboxylic acids is 2. The van der Waals surface area contributed by atoms with Crippen LogP contribution in [0.3, 0.4) is 0 Å². The van der Waals surface area contributed by atoms with Crippen molar-refractivity contribution in [1.82, 2.24) is 10.9 Å². The number of nitro groups is 2. The molecule has 2 N–H and O–H groups in total. The van der Waals surface area contributed by atoms with Gasteiger partial charge in [0.25, 0.3) is 17.3 Å². The van der Waals surface area contributed by atoms with Gasteiger partial charge in [0.15, 0.2) is 0 Å². The number of nitrogens with one attached hydrogen (secondary N) is 2. The highest BCUT2D eigenvalue weighted by atomic mass is 32.2. The fraction of sp³-hybridized carbons (Fsp3) is 0.0667. The van der Waals surface area contributed by atoms with Gasteiger partial charge in [0.2, 0.25) is 5.91 Å². The van der Waals surface area contributed by atoms with E-state index >= 15 is 0 Å². The third kappa shape index (κ3) is 5.27. The van der Waals surface area contributed by atoms with Crippen LogP contribution >= 0.6 is 11.8 Å². The molecule has 0 atom stereocenters. The van der Waals surface area contributed by atoms with Gasteiger partial charge < -0.3 is 0 Å². The van der Waals surface area contributed by atoms with Crippen molar-refractivity contribution in [2.45, 2.75) is 4.90 Å². The predicted molar refractivity (Wildman–Crippen MR) is 92.5 cm³/mol. The van der Waals surface area contributed by atoms with Gasteiger partial charge in [0.05, 0.1) is 15.6 Å². The fourth-order valence-electron chi connectivity index (χ4n) is 1.81. The summed E-state index contributed by atoms with van der Waals surface area (Å²) >= 11 is 1.13. The Morgan fingerprint density at radius 2 is 1.58 bits per heavy atom. The zero-order chi connectivity index (χ0) is 19.1. The molecule has 0 aliphatic carbocycles. The Kier molecular flexibility index (Phi) is 6.22. The summed E-state index contributed by atoms with van der Waals surface area (Å²) in [7, 11) is 0. The zero-order valence-corrected chi connectivity index (χ0v) is 13.9. The number of non-ortho nitro benzene ring substituents is 2. The highest BCUT2D eigenvalue weighted by Gasteiger charge is 2.12. The zero-order valence-electron chi connectivity index (χ0n) is 13.1. The molecule has 2 aromatic rings. The molecule has 0 unspecified atom stereocenters. The quantitative estimate of drug-likeness (QED) is 0.446. The van der Waals surface area contributed by atoms with E-state index in [9.17, 15) is 29.8 Å². The first kappa shape index (κ1) is 18.9. The number of benzene rings is 2. The first-order valence-corrected chi connectivity index (χ1v) is 8.06. The topological polar surface area (TPSA) is 144 Å². The van der Waals surface area contributed by atoms with E-state index in [1.807, 2.05) is 0 Å². The van der Waals surface area contributed by atoms with Crippen LogP contribution < -0.4 is 10.9 Å². The molecule has 0 aliphatic heterocycles. The lowest BCUT2D eigenvalue weighted by atomic mass is 10.2. The van der Waals surface area contributed by atoms with Gasteiger partial charge in [0.1, 0.15) is 0 Å². The van der Waals surface area contributed by atoms with Crippen molar-refractivity contribution < 1.29 is 19.4 Å². The number of thioether (sulfide) groups is 1. The summed E-state index contributed by atoms with van der Waals surface area (Å²) in [6.45, 7) is 0. The summed E-state index contributed by atoms with van der Waals surface area (Å²) in [5.74, 6) is -1.23. The van der Waals surface area contributed by atoms with Crippen molar-refractivity contribution >= 4 is 35.0 Å². The Hall–Kier alpha value is -3.47. The van der Waals surface area contributed by atoms with Gasteiger partial charge in [-0.1, -0.05) is 6.07 Å². The SMILES string of the molecule is O=C(CSc1ccc([N+](=O)[O-])cc1)NNC(=O)c1cccc([N+](=O)[O-])c1. The van der Waals surface area contributed by atoms with Crippen molar-refractivity contribution in [2.24, 2.45) is 0 Å². The molecule has 0 aliphatic rings. The molecule has 0 saturated heterocycles. The highest BCUT2D eigenvalue weighted by molar-refractivity contribution is 8.00. The van der Waals surface area contributed by atoms with Crippen LogP contribution in [0.15, 0.2) is 53.4 Å². The molecule has 0 bridgehead atoms. The van der Waals surface area contributed by atoms with Crippen molar-refractivity contribution in [3.63, 3.8) is 0 Å². The molecular weight excluding hydrogens is 364 g/mol. The molecule has 2 amide bonds. The number of hydrogen-bond donors (Lipinski definition) is 2. The maximum absolute atomic E-state index is 11.9. The monoisotopic (exact) mass is 376 g/mol. The second-order valence-electron chi connectivity index (χ2n) is 4.85. The second-order valence-corrected chi connectivity index (χ2v) is 5.90. The van der Waals surface area contributed by atoms with Crippen LogP contribution in [-0.2, 0) is 4.79 Å². The van der Waals surface area contributed by atoms with Crippen LogP contribution in [0.25, 0.3) is 0 Å². The molecule has 134 valence electrons. The van der Waals surface area contributed by atoms with E-state index in [-0.39, 0.29) is 22.7 Å². The Morgan fingerprint density at radius 3 is 2.19 bits per heavy atom. The number of amides is 2. The van der Waals surface area contributed by atoms with Gasteiger partial charge in [-0.15, -0.1) is 11.8 Å². The largest absolute Gasteiger partial charge is 0.272 e. The van der Waals surface area contributed by atoms with E-state index in [4.69, 9.17) is 0 Å². The van der Waals surface area contributed by atoms with E-state index in [0.29, 0.717) is 4.90 Å². The third-order valence-electron chi connectivity index (χ3n) is 3.05. The maximum Gasteiger partial charge on any atom is 0.270 e. The van der Waals surface area contributed by atoms with Gasteiger partial charge in [0, 0.05) is 34.7 Å². The summed E-state index contributed by atoms with van der Waals surface area (Å²) in [6, 6.07) is 10.7. The summed E-state index contributed by atoms with van der Waals surface area (Å²) in [6.07, 6.45) is 0. The molecule has 0 fully saturated rings. The van der Waals surface area contributed by atoms with E-state index in [0.717, 1.165) is 17.8 Å². The summed E-state index contributed by atoms with van der Waals surface area (Å²) in [5, 5.41) is 21.2. The van der Waals surface area contributed by atoms with Crippen molar-refractivity contribution in [1.29, 1.82) is 0 Å². The molecule has 0 radical (unpaired) electrons. The standard InChI is InChI=1S/C15H12N4O6S/c20-14(9-26-13-6-4-11(5-7-13)18(22)23)16-17-15(21)10-2-1-3-12(8-10)19(24)25/h1-8H,9H2,(H,16,20)(H,17,21). The first-order chi connectivity index (χ1) is 12.4. The first-order valence-electron chi connectivity index (χ1n) is 7.07. The van der Waals surface area contributed by atoms with Crippen molar-refractivity contribution in [2.75, 3.05) is 5.75 Å². The van der Waals surface area contributed by atoms with Crippen LogP contribution in [0.2, 0.25) is 0 Å². The Bertz CT molecular complexity index is 855. The molecule has 11 heteroatoms. The lowest BCUT2D eigenvalue weighted by Crippen LogP contribution is -2.42. The number of nitro benzene ring substituents is 2. The Labute approximate surface area is 150 Å². The van der Waals surface area contributed by atoms with Crippen molar-refractivity contribution in [3.8, 4) is 0 Å². The molecule has 0 saturated carbocycles. The lowest BCUT2D eigenvalue weighted by Gasteiger charge is -2.07. The Balaban J connectivity index is 1.82. The smallest absolute Gasteiger partial charge is 0.270 e. The number of hydrazine groups is 1. The average molecular weight is 376 g/mol. The second kappa shape index (κ2) is 8.58. The summed E-state index contributed by atoms with van der Waals surface area (Å²) < 4.78 is 0. The molecule has 0 spiro atoms. The average Bonchev–Trinajstić information content (AvgIpc) is 2.64. The van der Waals surface area contributed by atoms with Crippen LogP contribution in [0, 0.1) is 20.2 Å². The van der Waals surface area contributed by atoms with Gasteiger partial charge in [-0.25, -0.2) is 0 Å². The minimum atomic E-state index is -0.692. The molecule has 2 rings (SSSR count). The van der Waals surface area contributed by atoms with Gasteiger partial charge in [-0.05, 0) is 18.2 Å². The number of rotatable bonds is 6. The van der Waals surface area contributed by atoms with E-state index in [1.54, 1.807) is 0 Å². The normalized spacial score (nSPS) is 10.0. The van der Waals surface area contributed by atoms with Crippen LogP contribution in [0.1, 0.15) is 10.4 Å². The molecule has 2 aromatic carbocycles. The van der Waals surface area contributed by atoms with Crippen LogP contribution in [0.5, 0.6) is 0 Å². The third-order valence-corrected chi connectivity index (χ3v) is 4.06. The molecule has 0 heterocycles. The number of carbonyl (C=O) groups is 2. The molecular formula is C15H12N4O6S. The van der Waals surface area contributed by atoms with Gasteiger partial charge in [-0.3, -0.25) is 40.7 Å². The van der Waals surface area contributed by atoms with E-state index in [1.165, 1.54) is 42.5 Å². The maximum atomic E-state index is 11.9. The molecule has 0 aromatic heterocycles.